The summed E-state index contributed by atoms with van der Waals surface area (Å²) < 4.78 is 0. The molecule has 1 aromatic rings. The summed E-state index contributed by atoms with van der Waals surface area (Å²) in [6.45, 7) is 0. The topological polar surface area (TPSA) is 92.0 Å². The molecule has 0 aliphatic carbocycles. The Morgan fingerprint density at radius 3 is 2.92 bits per heavy atom. The van der Waals surface area contributed by atoms with Gasteiger partial charge in [0.25, 0.3) is 0 Å². The van der Waals surface area contributed by atoms with E-state index in [1.807, 2.05) is 0 Å². The van der Waals surface area contributed by atoms with E-state index in [0.717, 1.165) is 0 Å². The van der Waals surface area contributed by atoms with Gasteiger partial charge < -0.3 is 15.8 Å². The number of carboxylic acids is 1. The summed E-state index contributed by atoms with van der Waals surface area (Å²) in [5, 5.41) is 8.42. The maximum atomic E-state index is 10.3. The van der Waals surface area contributed by atoms with E-state index in [2.05, 4.69) is 9.97 Å². The van der Waals surface area contributed by atoms with Crippen molar-refractivity contribution in [3.63, 3.8) is 0 Å². The average Bonchev–Trinajstić information content (AvgIpc) is 2.39. The zero-order valence-electron chi connectivity index (χ0n) is 6.15. The number of nitrogens with two attached hydrogens (primary N) is 1. The third kappa shape index (κ3) is 3.03. The van der Waals surface area contributed by atoms with Crippen LogP contribution in [0.4, 0.5) is 0 Å². The Kier molecular flexibility index (Phi) is 4.56. The fourth-order valence-electron chi connectivity index (χ4n) is 0.715. The Bertz CT molecular complexity index is 237. The van der Waals surface area contributed by atoms with Crippen molar-refractivity contribution in [1.29, 1.82) is 0 Å². The molecule has 0 bridgehead atoms. The summed E-state index contributed by atoms with van der Waals surface area (Å²) in [6.07, 6.45) is 3.38. The van der Waals surface area contributed by atoms with Crippen molar-refractivity contribution in [2.24, 2.45) is 5.73 Å². The molecule has 0 aliphatic rings. The number of aliphatic carboxylic acids is 1. The summed E-state index contributed by atoms with van der Waals surface area (Å²) in [5.74, 6) is -1.01. The van der Waals surface area contributed by atoms with Crippen molar-refractivity contribution in [3.8, 4) is 0 Å². The number of H-pyrrole nitrogens is 1. The van der Waals surface area contributed by atoms with Crippen LogP contribution in [0, 0.1) is 0 Å². The molecule has 1 unspecified atom stereocenters. The molecule has 0 saturated carbocycles. The van der Waals surface area contributed by atoms with Gasteiger partial charge in [-0.3, -0.25) is 4.79 Å². The predicted molar refractivity (Wildman–Crippen MR) is 37.9 cm³/mol. The molecule has 0 aliphatic heterocycles. The molecule has 0 saturated heterocycles. The second-order valence-electron chi connectivity index (χ2n) is 2.21. The first-order valence-electron chi connectivity index (χ1n) is 3.16. The van der Waals surface area contributed by atoms with E-state index < -0.39 is 12.0 Å². The SMILES string of the molecule is NC(Cc1c[nH]cn1)C(=O)O.[Co]. The molecule has 69 valence electrons. The van der Waals surface area contributed by atoms with Crippen molar-refractivity contribution in [2.75, 3.05) is 0 Å². The molecule has 4 N–H and O–H groups in total. The number of nitrogens with one attached hydrogen (secondary N) is 1. The number of aromatic nitrogens is 2. The van der Waals surface area contributed by atoms with Crippen LogP contribution in [0.3, 0.4) is 0 Å². The first-order valence-corrected chi connectivity index (χ1v) is 3.16. The van der Waals surface area contributed by atoms with Crippen LogP contribution >= 0.6 is 0 Å². The second kappa shape index (κ2) is 4.91. The van der Waals surface area contributed by atoms with E-state index in [0.29, 0.717) is 5.69 Å². The Labute approximate surface area is 79.6 Å². The third-order valence-corrected chi connectivity index (χ3v) is 1.30. The molecule has 0 aromatic carbocycles. The molecule has 12 heavy (non-hydrogen) atoms. The van der Waals surface area contributed by atoms with Crippen LogP contribution in [0.25, 0.3) is 0 Å². The number of carbonyl (C=O) groups is 1. The second-order valence-corrected chi connectivity index (χ2v) is 2.21. The molecule has 1 radical (unpaired) electrons. The van der Waals surface area contributed by atoms with E-state index in [9.17, 15) is 4.79 Å². The maximum Gasteiger partial charge on any atom is 0.320 e. The molecule has 1 heterocycles. The molecule has 1 rings (SSSR count). The van der Waals surface area contributed by atoms with Crippen molar-refractivity contribution < 1.29 is 26.7 Å². The van der Waals surface area contributed by atoms with E-state index in [-0.39, 0.29) is 23.2 Å². The third-order valence-electron chi connectivity index (χ3n) is 1.30. The largest absolute Gasteiger partial charge is 0.480 e. The molecule has 6 heteroatoms. The molecule has 0 fully saturated rings. The molecular weight excluding hydrogens is 205 g/mol. The first-order chi connectivity index (χ1) is 5.20. The van der Waals surface area contributed by atoms with Gasteiger partial charge in [-0.2, -0.15) is 0 Å². The van der Waals surface area contributed by atoms with Crippen LogP contribution in [-0.4, -0.2) is 27.1 Å². The van der Waals surface area contributed by atoms with Crippen LogP contribution < -0.4 is 5.73 Å². The van der Waals surface area contributed by atoms with Gasteiger partial charge in [0.1, 0.15) is 6.04 Å². The van der Waals surface area contributed by atoms with Gasteiger partial charge in [-0.15, -0.1) is 0 Å². The fraction of sp³-hybridized carbons (Fsp3) is 0.333. The zero-order valence-corrected chi connectivity index (χ0v) is 7.19. The van der Waals surface area contributed by atoms with Crippen molar-refractivity contribution in [3.05, 3.63) is 18.2 Å². The number of hydrogen-bond acceptors (Lipinski definition) is 3. The van der Waals surface area contributed by atoms with E-state index in [4.69, 9.17) is 10.8 Å². The summed E-state index contributed by atoms with van der Waals surface area (Å²) in [5.41, 5.74) is 5.92. The molecule has 5 nitrogen and oxygen atoms in total. The number of aromatic amines is 1. The number of imidazole rings is 1. The van der Waals surface area contributed by atoms with E-state index in [1.165, 1.54) is 6.33 Å². The van der Waals surface area contributed by atoms with Gasteiger partial charge in [-0.05, 0) is 0 Å². The minimum Gasteiger partial charge on any atom is -0.480 e. The molecular formula is C6H9CoN3O2. The first kappa shape index (κ1) is 11.1. The van der Waals surface area contributed by atoms with Gasteiger partial charge in [-0.1, -0.05) is 0 Å². The van der Waals surface area contributed by atoms with Gasteiger partial charge in [0.05, 0.1) is 12.0 Å². The Morgan fingerprint density at radius 1 is 1.83 bits per heavy atom. The van der Waals surface area contributed by atoms with Crippen LogP contribution in [0.15, 0.2) is 12.5 Å². The van der Waals surface area contributed by atoms with E-state index >= 15 is 0 Å². The summed E-state index contributed by atoms with van der Waals surface area (Å²) >= 11 is 0. The van der Waals surface area contributed by atoms with Gasteiger partial charge >= 0.3 is 5.97 Å². The Hall–Kier alpha value is -0.854. The Morgan fingerprint density at radius 2 is 2.50 bits per heavy atom. The van der Waals surface area contributed by atoms with Crippen molar-refractivity contribution in [2.45, 2.75) is 12.5 Å². The summed E-state index contributed by atoms with van der Waals surface area (Å²) in [4.78, 5) is 16.8. The van der Waals surface area contributed by atoms with Crippen LogP contribution in [0.5, 0.6) is 0 Å². The molecule has 1 atom stereocenters. The van der Waals surface area contributed by atoms with Gasteiger partial charge in [0.2, 0.25) is 0 Å². The monoisotopic (exact) mass is 214 g/mol. The summed E-state index contributed by atoms with van der Waals surface area (Å²) in [6, 6.07) is -0.863. The standard InChI is InChI=1S/C6H9N3O2.Co/c7-5(6(10)11)1-4-2-8-3-9-4;/h2-3,5H,1,7H2,(H,8,9)(H,10,11);. The van der Waals surface area contributed by atoms with Crippen LogP contribution in [0.1, 0.15) is 5.69 Å². The smallest absolute Gasteiger partial charge is 0.320 e. The number of carboxylic acid groups (broad SMARTS) is 1. The zero-order chi connectivity index (χ0) is 8.27. The molecule has 1 aromatic heterocycles. The summed E-state index contributed by atoms with van der Waals surface area (Å²) in [7, 11) is 0. The van der Waals surface area contributed by atoms with E-state index in [1.54, 1.807) is 6.20 Å². The Balaban J connectivity index is 0.00000121. The average molecular weight is 214 g/mol. The quantitative estimate of drug-likeness (QED) is 0.624. The number of hydrogen-bond donors (Lipinski definition) is 3. The minimum atomic E-state index is -1.01. The van der Waals surface area contributed by atoms with Crippen LogP contribution in [0.2, 0.25) is 0 Å². The van der Waals surface area contributed by atoms with Crippen LogP contribution in [-0.2, 0) is 28.0 Å². The minimum absolute atomic E-state index is 0. The number of rotatable bonds is 3. The fourth-order valence-corrected chi connectivity index (χ4v) is 0.715. The van der Waals surface area contributed by atoms with Gasteiger partial charge in [0.15, 0.2) is 0 Å². The number of nitrogens with zero attached hydrogens (tertiary/aromatic N) is 1. The molecule has 0 spiro atoms. The maximum absolute atomic E-state index is 10.3. The predicted octanol–water partition coefficient (Wildman–Crippen LogP) is -0.638. The van der Waals surface area contributed by atoms with Gasteiger partial charge in [-0.25, -0.2) is 4.98 Å². The molecule has 0 amide bonds. The van der Waals surface area contributed by atoms with Crippen molar-refractivity contribution in [1.82, 2.24) is 9.97 Å². The van der Waals surface area contributed by atoms with Crippen molar-refractivity contribution >= 4 is 5.97 Å². The van der Waals surface area contributed by atoms with Gasteiger partial charge in [0, 0.05) is 29.4 Å². The normalized spacial score (nSPS) is 11.8.